The highest BCUT2D eigenvalue weighted by molar-refractivity contribution is 5.11. The molecule has 0 aromatic heterocycles. The van der Waals surface area contributed by atoms with Crippen LogP contribution in [-0.4, -0.2) is 38.6 Å². The van der Waals surface area contributed by atoms with Gasteiger partial charge in [0.25, 0.3) is 0 Å². The maximum Gasteiger partial charge on any atom is 0.113 e. The van der Waals surface area contributed by atoms with Crippen LogP contribution in [0.4, 0.5) is 4.39 Å². The van der Waals surface area contributed by atoms with Gasteiger partial charge in [-0.15, -0.1) is 0 Å². The third kappa shape index (κ3) is 2.91. The second-order valence-corrected chi connectivity index (χ2v) is 3.50. The summed E-state index contributed by atoms with van der Waals surface area (Å²) >= 11 is 0. The summed E-state index contributed by atoms with van der Waals surface area (Å²) in [7, 11) is 3.78. The Kier molecular flexibility index (Phi) is 3.69. The lowest BCUT2D eigenvalue weighted by Crippen LogP contribution is -2.25. The molecule has 70 valence electrons. The first-order valence-electron chi connectivity index (χ1n) is 4.42. The van der Waals surface area contributed by atoms with Crippen molar-refractivity contribution in [3.63, 3.8) is 0 Å². The Balaban J connectivity index is 2.48. The summed E-state index contributed by atoms with van der Waals surface area (Å²) in [6.45, 7) is 2.31. The molecule has 0 aliphatic carbocycles. The predicted molar refractivity (Wildman–Crippen MR) is 48.8 cm³/mol. The standard InChI is InChI=1S/C9H17FN2/c1-12(2)7-9(10)8-3-5-11-6-4-8/h11H,3-7H2,1-2H3. The fourth-order valence-corrected chi connectivity index (χ4v) is 1.39. The van der Waals surface area contributed by atoms with E-state index in [1.54, 1.807) is 0 Å². The van der Waals surface area contributed by atoms with E-state index in [1.165, 1.54) is 0 Å². The first-order valence-corrected chi connectivity index (χ1v) is 4.42. The van der Waals surface area contributed by atoms with E-state index < -0.39 is 0 Å². The van der Waals surface area contributed by atoms with Crippen LogP contribution >= 0.6 is 0 Å². The van der Waals surface area contributed by atoms with Crippen LogP contribution in [0.15, 0.2) is 11.4 Å². The van der Waals surface area contributed by atoms with Crippen molar-refractivity contribution in [3.05, 3.63) is 11.4 Å². The van der Waals surface area contributed by atoms with Gasteiger partial charge < -0.3 is 10.2 Å². The minimum Gasteiger partial charge on any atom is -0.316 e. The van der Waals surface area contributed by atoms with E-state index in [1.807, 2.05) is 19.0 Å². The fourth-order valence-electron chi connectivity index (χ4n) is 1.39. The van der Waals surface area contributed by atoms with Crippen molar-refractivity contribution in [2.24, 2.45) is 0 Å². The fraction of sp³-hybridized carbons (Fsp3) is 0.778. The number of halogens is 1. The summed E-state index contributed by atoms with van der Waals surface area (Å²) in [5.74, 6) is 0.0708. The van der Waals surface area contributed by atoms with Crippen molar-refractivity contribution in [1.82, 2.24) is 10.2 Å². The number of rotatable bonds is 2. The Labute approximate surface area is 73.4 Å². The molecule has 0 bridgehead atoms. The zero-order valence-electron chi connectivity index (χ0n) is 7.86. The summed E-state index contributed by atoms with van der Waals surface area (Å²) in [6.07, 6.45) is 1.75. The van der Waals surface area contributed by atoms with Crippen LogP contribution in [0.3, 0.4) is 0 Å². The molecule has 1 fully saturated rings. The van der Waals surface area contributed by atoms with Crippen molar-refractivity contribution in [2.45, 2.75) is 12.8 Å². The summed E-state index contributed by atoms with van der Waals surface area (Å²) in [5.41, 5.74) is 1.00. The number of nitrogens with one attached hydrogen (secondary N) is 1. The molecule has 3 heteroatoms. The van der Waals surface area contributed by atoms with Crippen LogP contribution < -0.4 is 5.32 Å². The molecule has 0 aromatic rings. The molecule has 0 saturated carbocycles. The maximum absolute atomic E-state index is 13.3. The summed E-state index contributed by atoms with van der Waals surface area (Å²) in [4.78, 5) is 1.87. The van der Waals surface area contributed by atoms with Gasteiger partial charge in [-0.2, -0.15) is 0 Å². The topological polar surface area (TPSA) is 15.3 Å². The largest absolute Gasteiger partial charge is 0.316 e. The molecule has 2 nitrogen and oxygen atoms in total. The monoisotopic (exact) mass is 172 g/mol. The Morgan fingerprint density at radius 1 is 1.42 bits per heavy atom. The number of nitrogens with zero attached hydrogens (tertiary/aromatic N) is 1. The van der Waals surface area contributed by atoms with Gasteiger partial charge in [0.15, 0.2) is 0 Å². The number of likely N-dealkylation sites (N-methyl/N-ethyl adjacent to an activating group) is 1. The molecule has 1 N–H and O–H groups in total. The Morgan fingerprint density at radius 3 is 2.50 bits per heavy atom. The average molecular weight is 172 g/mol. The highest BCUT2D eigenvalue weighted by atomic mass is 19.1. The third-order valence-corrected chi connectivity index (χ3v) is 2.05. The molecule has 12 heavy (non-hydrogen) atoms. The molecule has 1 saturated heterocycles. The SMILES string of the molecule is CN(C)CC(F)=C1CCNCC1. The van der Waals surface area contributed by atoms with Crippen molar-refractivity contribution < 1.29 is 4.39 Å². The van der Waals surface area contributed by atoms with Gasteiger partial charge in [0.2, 0.25) is 0 Å². The van der Waals surface area contributed by atoms with Crippen LogP contribution in [0.5, 0.6) is 0 Å². The summed E-state index contributed by atoms with van der Waals surface area (Å²) in [6, 6.07) is 0. The van der Waals surface area contributed by atoms with Gasteiger partial charge in [-0.05, 0) is 45.6 Å². The normalized spacial score (nSPS) is 18.5. The smallest absolute Gasteiger partial charge is 0.113 e. The lowest BCUT2D eigenvalue weighted by Gasteiger charge is -2.17. The molecular weight excluding hydrogens is 155 g/mol. The maximum atomic E-state index is 13.3. The molecule has 1 heterocycles. The van der Waals surface area contributed by atoms with Crippen molar-refractivity contribution in [1.29, 1.82) is 0 Å². The Hall–Kier alpha value is -0.410. The van der Waals surface area contributed by atoms with E-state index in [0.717, 1.165) is 31.5 Å². The molecule has 1 aliphatic rings. The zero-order valence-corrected chi connectivity index (χ0v) is 7.86. The summed E-state index contributed by atoms with van der Waals surface area (Å²) in [5, 5.41) is 3.21. The van der Waals surface area contributed by atoms with Crippen LogP contribution in [-0.2, 0) is 0 Å². The van der Waals surface area contributed by atoms with Gasteiger partial charge in [-0.25, -0.2) is 4.39 Å². The molecule has 0 aromatic carbocycles. The third-order valence-electron chi connectivity index (χ3n) is 2.05. The van der Waals surface area contributed by atoms with Gasteiger partial charge in [0, 0.05) is 6.54 Å². The zero-order chi connectivity index (χ0) is 8.97. The van der Waals surface area contributed by atoms with Gasteiger partial charge in [0.1, 0.15) is 5.83 Å². The first-order chi connectivity index (χ1) is 5.70. The van der Waals surface area contributed by atoms with Gasteiger partial charge in [-0.1, -0.05) is 0 Å². The Bertz CT molecular complexity index is 167. The molecule has 0 amide bonds. The van der Waals surface area contributed by atoms with Crippen molar-refractivity contribution >= 4 is 0 Å². The van der Waals surface area contributed by atoms with Gasteiger partial charge in [0.05, 0.1) is 0 Å². The highest BCUT2D eigenvalue weighted by Gasteiger charge is 2.10. The van der Waals surface area contributed by atoms with E-state index in [9.17, 15) is 4.39 Å². The second-order valence-electron chi connectivity index (χ2n) is 3.50. The molecular formula is C9H17FN2. The minimum atomic E-state index is 0.0708. The van der Waals surface area contributed by atoms with Crippen molar-refractivity contribution in [3.8, 4) is 0 Å². The van der Waals surface area contributed by atoms with E-state index in [0.29, 0.717) is 6.54 Å². The minimum absolute atomic E-state index is 0.0708. The Morgan fingerprint density at radius 2 is 2.00 bits per heavy atom. The second kappa shape index (κ2) is 4.58. The molecule has 1 aliphatic heterocycles. The van der Waals surface area contributed by atoms with Crippen LogP contribution in [0, 0.1) is 0 Å². The van der Waals surface area contributed by atoms with Crippen LogP contribution in [0.25, 0.3) is 0 Å². The first kappa shape index (κ1) is 9.68. The molecule has 1 rings (SSSR count). The lowest BCUT2D eigenvalue weighted by atomic mass is 10.0. The molecule has 0 atom stereocenters. The van der Waals surface area contributed by atoms with E-state index in [2.05, 4.69) is 5.32 Å². The quantitative estimate of drug-likeness (QED) is 0.672. The van der Waals surface area contributed by atoms with Crippen LogP contribution in [0.2, 0.25) is 0 Å². The van der Waals surface area contributed by atoms with Gasteiger partial charge >= 0.3 is 0 Å². The molecule has 0 spiro atoms. The van der Waals surface area contributed by atoms with E-state index >= 15 is 0 Å². The number of piperidine rings is 1. The summed E-state index contributed by atoms with van der Waals surface area (Å²) < 4.78 is 13.3. The lowest BCUT2D eigenvalue weighted by molar-refractivity contribution is 0.391. The number of hydrogen-bond acceptors (Lipinski definition) is 2. The number of hydrogen-bond donors (Lipinski definition) is 1. The van der Waals surface area contributed by atoms with Crippen molar-refractivity contribution in [2.75, 3.05) is 33.7 Å². The van der Waals surface area contributed by atoms with E-state index in [4.69, 9.17) is 0 Å². The molecule has 0 radical (unpaired) electrons. The van der Waals surface area contributed by atoms with Crippen LogP contribution in [0.1, 0.15) is 12.8 Å². The highest BCUT2D eigenvalue weighted by Crippen LogP contribution is 2.16. The van der Waals surface area contributed by atoms with E-state index in [-0.39, 0.29) is 5.83 Å². The van der Waals surface area contributed by atoms with Gasteiger partial charge in [-0.3, -0.25) is 0 Å². The molecule has 0 unspecified atom stereocenters. The predicted octanol–water partition coefficient (Wildman–Crippen LogP) is 1.15. The average Bonchev–Trinajstić information content (AvgIpc) is 2.05.